The first kappa shape index (κ1) is 19.0. The molecule has 0 aliphatic rings. The van der Waals surface area contributed by atoms with Gasteiger partial charge in [-0.05, 0) is 17.5 Å². The van der Waals surface area contributed by atoms with E-state index in [-0.39, 0.29) is 12.1 Å². The molecule has 2 heterocycles. The summed E-state index contributed by atoms with van der Waals surface area (Å²) in [4.78, 5) is 37.1. The minimum Gasteiger partial charge on any atom is -0.495 e. The highest BCUT2D eigenvalue weighted by atomic mass is 35.5. The Morgan fingerprint density at radius 1 is 1.22 bits per heavy atom. The summed E-state index contributed by atoms with van der Waals surface area (Å²) in [5.74, 6) is 0.293. The van der Waals surface area contributed by atoms with E-state index >= 15 is 0 Å². The molecule has 0 atom stereocenters. The number of benzene rings is 1. The number of amides is 1. The molecule has 10 heteroatoms. The maximum absolute atomic E-state index is 12.5. The summed E-state index contributed by atoms with van der Waals surface area (Å²) in [7, 11) is 4.30. The minimum absolute atomic E-state index is 0.271. The highest BCUT2D eigenvalue weighted by Crippen LogP contribution is 2.35. The van der Waals surface area contributed by atoms with E-state index in [1.165, 1.54) is 43.2 Å². The molecule has 3 aromatic rings. The number of fused-ring (bicyclic) bond motifs is 1. The smallest absolute Gasteiger partial charge is 0.331 e. The summed E-state index contributed by atoms with van der Waals surface area (Å²) in [6, 6.07) is 4.69. The van der Waals surface area contributed by atoms with Crippen LogP contribution in [0, 0.1) is 0 Å². The predicted octanol–water partition coefficient (Wildman–Crippen LogP) is 2.07. The first-order chi connectivity index (χ1) is 12.9. The van der Waals surface area contributed by atoms with Crippen LogP contribution in [0.1, 0.15) is 0 Å². The van der Waals surface area contributed by atoms with Crippen LogP contribution in [0.5, 0.6) is 11.5 Å². The van der Waals surface area contributed by atoms with Crippen molar-refractivity contribution >= 4 is 44.7 Å². The van der Waals surface area contributed by atoms with Crippen LogP contribution in [-0.4, -0.2) is 29.3 Å². The highest BCUT2D eigenvalue weighted by Gasteiger charge is 2.17. The normalized spacial score (nSPS) is 10.8. The molecule has 3 rings (SSSR count). The third kappa shape index (κ3) is 3.43. The standard InChI is InChI=1S/C17H16ClN3O5S/c1-20-16(23)15-11(4-5-27-15)21(17(20)24)8-14(22)19-10-6-9(18)12(25-2)7-13(10)26-3/h4-7H,8H2,1-3H3,(H,19,22). The Morgan fingerprint density at radius 2 is 1.93 bits per heavy atom. The van der Waals surface area contributed by atoms with Gasteiger partial charge in [0.25, 0.3) is 5.56 Å². The van der Waals surface area contributed by atoms with E-state index in [0.717, 1.165) is 4.57 Å². The molecule has 2 aromatic heterocycles. The van der Waals surface area contributed by atoms with Gasteiger partial charge in [-0.3, -0.25) is 18.7 Å². The van der Waals surface area contributed by atoms with E-state index in [4.69, 9.17) is 21.1 Å². The molecule has 142 valence electrons. The van der Waals surface area contributed by atoms with E-state index in [1.54, 1.807) is 17.5 Å². The van der Waals surface area contributed by atoms with Crippen molar-refractivity contribution in [2.45, 2.75) is 6.54 Å². The van der Waals surface area contributed by atoms with Crippen LogP contribution in [0.2, 0.25) is 5.02 Å². The lowest BCUT2D eigenvalue weighted by Crippen LogP contribution is -2.39. The molecule has 1 N–H and O–H groups in total. The number of ether oxygens (including phenoxy) is 2. The fraction of sp³-hybridized carbons (Fsp3) is 0.235. The van der Waals surface area contributed by atoms with Crippen molar-refractivity contribution in [3.05, 3.63) is 49.4 Å². The number of methoxy groups -OCH3 is 2. The van der Waals surface area contributed by atoms with Gasteiger partial charge in [-0.1, -0.05) is 11.6 Å². The Kier molecular flexibility index (Phi) is 5.24. The number of hydrogen-bond donors (Lipinski definition) is 1. The molecular formula is C17H16ClN3O5S. The van der Waals surface area contributed by atoms with Crippen LogP contribution in [0.25, 0.3) is 10.2 Å². The summed E-state index contributed by atoms with van der Waals surface area (Å²) in [6.45, 7) is -0.271. The van der Waals surface area contributed by atoms with Crippen LogP contribution in [0.3, 0.4) is 0 Å². The molecular weight excluding hydrogens is 394 g/mol. The van der Waals surface area contributed by atoms with Crippen molar-refractivity contribution in [3.8, 4) is 11.5 Å². The molecule has 0 fully saturated rings. The number of thiophene rings is 1. The number of aromatic nitrogens is 2. The first-order valence-corrected chi connectivity index (χ1v) is 9.01. The van der Waals surface area contributed by atoms with E-state index in [9.17, 15) is 14.4 Å². The van der Waals surface area contributed by atoms with Gasteiger partial charge in [0.2, 0.25) is 5.91 Å². The molecule has 0 aliphatic carbocycles. The fourth-order valence-corrected chi connectivity index (χ4v) is 3.75. The van der Waals surface area contributed by atoms with Crippen LogP contribution in [0.15, 0.2) is 33.2 Å². The van der Waals surface area contributed by atoms with Gasteiger partial charge >= 0.3 is 5.69 Å². The molecule has 1 aromatic carbocycles. The van der Waals surface area contributed by atoms with Crippen molar-refractivity contribution in [1.29, 1.82) is 0 Å². The van der Waals surface area contributed by atoms with Crippen LogP contribution in [-0.2, 0) is 18.4 Å². The van der Waals surface area contributed by atoms with Crippen molar-refractivity contribution in [2.24, 2.45) is 7.05 Å². The van der Waals surface area contributed by atoms with Gasteiger partial charge in [0.15, 0.2) is 0 Å². The maximum Gasteiger partial charge on any atom is 0.331 e. The van der Waals surface area contributed by atoms with Gasteiger partial charge in [0.1, 0.15) is 22.7 Å². The monoisotopic (exact) mass is 409 g/mol. The number of rotatable bonds is 5. The Labute approximate surface area is 162 Å². The van der Waals surface area contributed by atoms with E-state index in [0.29, 0.717) is 32.4 Å². The molecule has 0 saturated heterocycles. The zero-order valence-electron chi connectivity index (χ0n) is 14.7. The van der Waals surface area contributed by atoms with Gasteiger partial charge in [0, 0.05) is 13.1 Å². The maximum atomic E-state index is 12.5. The van der Waals surface area contributed by atoms with E-state index in [2.05, 4.69) is 5.32 Å². The lowest BCUT2D eigenvalue weighted by Gasteiger charge is -2.14. The Bertz CT molecular complexity index is 1150. The predicted molar refractivity (Wildman–Crippen MR) is 105 cm³/mol. The second-order valence-corrected chi connectivity index (χ2v) is 6.93. The quantitative estimate of drug-likeness (QED) is 0.696. The number of nitrogens with one attached hydrogen (secondary N) is 1. The molecule has 0 aliphatic heterocycles. The molecule has 0 spiro atoms. The number of carbonyl (C=O) groups excluding carboxylic acids is 1. The third-order valence-electron chi connectivity index (χ3n) is 4.00. The summed E-state index contributed by atoms with van der Waals surface area (Å²) in [6.07, 6.45) is 0. The fourth-order valence-electron chi connectivity index (χ4n) is 2.64. The lowest BCUT2D eigenvalue weighted by molar-refractivity contribution is -0.116. The zero-order chi connectivity index (χ0) is 19.7. The number of carbonyl (C=O) groups is 1. The number of nitrogens with zero attached hydrogens (tertiary/aromatic N) is 2. The van der Waals surface area contributed by atoms with E-state index < -0.39 is 11.6 Å². The van der Waals surface area contributed by atoms with Crippen LogP contribution >= 0.6 is 22.9 Å². The molecule has 0 bridgehead atoms. The van der Waals surface area contributed by atoms with Gasteiger partial charge in [0.05, 0.1) is 30.4 Å². The molecule has 0 unspecified atom stereocenters. The van der Waals surface area contributed by atoms with Gasteiger partial charge in [-0.2, -0.15) is 0 Å². The van der Waals surface area contributed by atoms with Crippen molar-refractivity contribution < 1.29 is 14.3 Å². The Morgan fingerprint density at radius 3 is 2.59 bits per heavy atom. The SMILES string of the molecule is COc1cc(OC)c(NC(=O)Cn2c(=O)n(C)c(=O)c3sccc32)cc1Cl. The van der Waals surface area contributed by atoms with Crippen LogP contribution < -0.4 is 26.0 Å². The second-order valence-electron chi connectivity index (χ2n) is 5.60. The molecule has 0 saturated carbocycles. The summed E-state index contributed by atoms with van der Waals surface area (Å²) in [5.41, 5.74) is -0.193. The summed E-state index contributed by atoms with van der Waals surface area (Å²) < 4.78 is 13.0. The third-order valence-corrected chi connectivity index (χ3v) is 5.19. The summed E-state index contributed by atoms with van der Waals surface area (Å²) in [5, 5.41) is 4.67. The number of halogens is 1. The van der Waals surface area contributed by atoms with Gasteiger partial charge in [-0.15, -0.1) is 11.3 Å². The zero-order valence-corrected chi connectivity index (χ0v) is 16.3. The largest absolute Gasteiger partial charge is 0.495 e. The topological polar surface area (TPSA) is 91.6 Å². The average molecular weight is 410 g/mol. The minimum atomic E-state index is -0.569. The average Bonchev–Trinajstić information content (AvgIpc) is 3.13. The Hall–Kier alpha value is -2.78. The Balaban J connectivity index is 1.95. The number of hydrogen-bond acceptors (Lipinski definition) is 6. The van der Waals surface area contributed by atoms with Gasteiger partial charge < -0.3 is 14.8 Å². The highest BCUT2D eigenvalue weighted by molar-refractivity contribution is 7.17. The lowest BCUT2D eigenvalue weighted by atomic mass is 10.2. The van der Waals surface area contributed by atoms with Crippen molar-refractivity contribution in [2.75, 3.05) is 19.5 Å². The van der Waals surface area contributed by atoms with Crippen LogP contribution in [0.4, 0.5) is 5.69 Å². The summed E-state index contributed by atoms with van der Waals surface area (Å²) >= 11 is 7.32. The molecule has 1 amide bonds. The van der Waals surface area contributed by atoms with Crippen molar-refractivity contribution in [1.82, 2.24) is 9.13 Å². The number of anilines is 1. The second kappa shape index (κ2) is 7.45. The molecule has 8 nitrogen and oxygen atoms in total. The molecule has 0 radical (unpaired) electrons. The van der Waals surface area contributed by atoms with Crippen molar-refractivity contribution in [3.63, 3.8) is 0 Å². The first-order valence-electron chi connectivity index (χ1n) is 7.75. The van der Waals surface area contributed by atoms with E-state index in [1.807, 2.05) is 0 Å². The molecule has 27 heavy (non-hydrogen) atoms. The van der Waals surface area contributed by atoms with Gasteiger partial charge in [-0.25, -0.2) is 4.79 Å².